The first kappa shape index (κ1) is 11.5. The number of nitrogens with one attached hydrogen (secondary N) is 1. The molecule has 1 aromatic heterocycles. The van der Waals surface area contributed by atoms with Crippen LogP contribution < -0.4 is 10.1 Å². The van der Waals surface area contributed by atoms with Gasteiger partial charge in [-0.3, -0.25) is 4.98 Å². The van der Waals surface area contributed by atoms with E-state index in [0.717, 1.165) is 23.5 Å². The zero-order chi connectivity index (χ0) is 12.1. The average Bonchev–Trinajstić information content (AvgIpc) is 2.39. The van der Waals surface area contributed by atoms with Crippen LogP contribution in [0.4, 0.5) is 11.4 Å². The van der Waals surface area contributed by atoms with Crippen LogP contribution in [0.5, 0.6) is 5.75 Å². The molecule has 0 amide bonds. The molecular weight excluding hydrogens is 212 g/mol. The Morgan fingerprint density at radius 2 is 2.06 bits per heavy atom. The van der Waals surface area contributed by atoms with E-state index in [1.165, 1.54) is 5.56 Å². The molecule has 0 unspecified atom stereocenters. The molecule has 17 heavy (non-hydrogen) atoms. The molecule has 2 rings (SSSR count). The fraction of sp³-hybridized carbons (Fsp3) is 0.214. The van der Waals surface area contributed by atoms with Gasteiger partial charge in [-0.25, -0.2) is 0 Å². The van der Waals surface area contributed by atoms with Gasteiger partial charge >= 0.3 is 0 Å². The van der Waals surface area contributed by atoms with Crippen LogP contribution in [0.3, 0.4) is 0 Å². The first-order valence-corrected chi connectivity index (χ1v) is 5.67. The third-order valence-corrected chi connectivity index (χ3v) is 2.56. The maximum absolute atomic E-state index is 5.18. The summed E-state index contributed by atoms with van der Waals surface area (Å²) in [4.78, 5) is 4.20. The van der Waals surface area contributed by atoms with Crippen molar-refractivity contribution in [2.75, 3.05) is 12.4 Å². The molecule has 0 atom stereocenters. The van der Waals surface area contributed by atoms with Crippen LogP contribution in [0.25, 0.3) is 0 Å². The summed E-state index contributed by atoms with van der Waals surface area (Å²) in [6, 6.07) is 9.94. The summed E-state index contributed by atoms with van der Waals surface area (Å²) in [7, 11) is 1.67. The number of ether oxygens (including phenoxy) is 1. The molecule has 0 bridgehead atoms. The van der Waals surface area contributed by atoms with Crippen LogP contribution >= 0.6 is 0 Å². The van der Waals surface area contributed by atoms with Crippen molar-refractivity contribution in [3.8, 4) is 5.75 Å². The summed E-state index contributed by atoms with van der Waals surface area (Å²) in [5.74, 6) is 0.842. The van der Waals surface area contributed by atoms with Crippen molar-refractivity contribution in [2.45, 2.75) is 13.3 Å². The number of aryl methyl sites for hydroxylation is 1. The highest BCUT2D eigenvalue weighted by atomic mass is 16.5. The summed E-state index contributed by atoms with van der Waals surface area (Å²) < 4.78 is 5.18. The first-order valence-electron chi connectivity index (χ1n) is 5.67. The second-order valence-electron chi connectivity index (χ2n) is 3.79. The normalized spacial score (nSPS) is 10.0. The maximum Gasteiger partial charge on any atom is 0.120 e. The van der Waals surface area contributed by atoms with Gasteiger partial charge in [0.05, 0.1) is 19.0 Å². The zero-order valence-electron chi connectivity index (χ0n) is 10.1. The number of benzene rings is 1. The second-order valence-corrected chi connectivity index (χ2v) is 3.79. The lowest BCUT2D eigenvalue weighted by Crippen LogP contribution is -1.93. The van der Waals surface area contributed by atoms with Crippen molar-refractivity contribution < 1.29 is 4.74 Å². The quantitative estimate of drug-likeness (QED) is 0.870. The molecule has 0 radical (unpaired) electrons. The minimum absolute atomic E-state index is 0.842. The highest BCUT2D eigenvalue weighted by Gasteiger charge is 1.98. The second kappa shape index (κ2) is 5.34. The van der Waals surface area contributed by atoms with Crippen LogP contribution in [0.2, 0.25) is 0 Å². The number of hydrogen-bond acceptors (Lipinski definition) is 3. The smallest absolute Gasteiger partial charge is 0.120 e. The molecule has 3 nitrogen and oxygen atoms in total. The number of rotatable bonds is 4. The Labute approximate surface area is 101 Å². The predicted octanol–water partition coefficient (Wildman–Crippen LogP) is 3.40. The van der Waals surface area contributed by atoms with Gasteiger partial charge in [-0.15, -0.1) is 0 Å². The van der Waals surface area contributed by atoms with E-state index in [1.807, 2.05) is 36.7 Å². The molecule has 0 saturated carbocycles. The summed E-state index contributed by atoms with van der Waals surface area (Å²) in [6.45, 7) is 2.12. The van der Waals surface area contributed by atoms with Crippen LogP contribution in [0.15, 0.2) is 42.7 Å². The van der Waals surface area contributed by atoms with Gasteiger partial charge in [0.1, 0.15) is 5.75 Å². The Morgan fingerprint density at radius 3 is 2.82 bits per heavy atom. The van der Waals surface area contributed by atoms with Gasteiger partial charge in [0.2, 0.25) is 0 Å². The molecule has 0 spiro atoms. The van der Waals surface area contributed by atoms with Crippen LogP contribution in [-0.4, -0.2) is 12.1 Å². The Hall–Kier alpha value is -2.03. The minimum atomic E-state index is 0.842. The number of nitrogens with zero attached hydrogens (tertiary/aromatic N) is 1. The Morgan fingerprint density at radius 1 is 1.18 bits per heavy atom. The van der Waals surface area contributed by atoms with E-state index in [4.69, 9.17) is 4.74 Å². The molecule has 0 saturated heterocycles. The molecule has 1 heterocycles. The van der Waals surface area contributed by atoms with Gasteiger partial charge in [-0.1, -0.05) is 13.0 Å². The lowest BCUT2D eigenvalue weighted by Gasteiger charge is -2.08. The molecule has 3 heteroatoms. The van der Waals surface area contributed by atoms with Crippen LogP contribution in [0.1, 0.15) is 12.5 Å². The predicted molar refractivity (Wildman–Crippen MR) is 69.9 cm³/mol. The number of hydrogen-bond donors (Lipinski definition) is 1. The Bertz CT molecular complexity index is 452. The molecule has 0 fully saturated rings. The summed E-state index contributed by atoms with van der Waals surface area (Å²) in [6.07, 6.45) is 4.69. The van der Waals surface area contributed by atoms with Crippen molar-refractivity contribution in [1.82, 2.24) is 4.98 Å². The van der Waals surface area contributed by atoms with Crippen molar-refractivity contribution in [1.29, 1.82) is 0 Å². The van der Waals surface area contributed by atoms with Crippen LogP contribution in [-0.2, 0) is 6.42 Å². The van der Waals surface area contributed by atoms with Crippen molar-refractivity contribution in [3.63, 3.8) is 0 Å². The van der Waals surface area contributed by atoms with Gasteiger partial charge in [0, 0.05) is 18.0 Å². The maximum atomic E-state index is 5.18. The van der Waals surface area contributed by atoms with E-state index in [0.29, 0.717) is 0 Å². The molecule has 0 aliphatic carbocycles. The number of aromatic nitrogens is 1. The van der Waals surface area contributed by atoms with E-state index in [1.54, 1.807) is 7.11 Å². The summed E-state index contributed by atoms with van der Waals surface area (Å²) >= 11 is 0. The molecule has 0 aliphatic heterocycles. The van der Waals surface area contributed by atoms with E-state index >= 15 is 0 Å². The van der Waals surface area contributed by atoms with Gasteiger partial charge in [-0.05, 0) is 30.2 Å². The van der Waals surface area contributed by atoms with Crippen molar-refractivity contribution >= 4 is 11.4 Å². The fourth-order valence-electron chi connectivity index (χ4n) is 1.62. The molecule has 2 aromatic rings. The SMILES string of the molecule is CCc1cncc(Nc2cccc(OC)c2)c1. The number of pyridine rings is 1. The lowest BCUT2D eigenvalue weighted by molar-refractivity contribution is 0.415. The fourth-order valence-corrected chi connectivity index (χ4v) is 1.62. The summed E-state index contributed by atoms with van der Waals surface area (Å²) in [5, 5.41) is 3.31. The van der Waals surface area contributed by atoms with Gasteiger partial charge in [0.25, 0.3) is 0 Å². The van der Waals surface area contributed by atoms with Crippen molar-refractivity contribution in [3.05, 3.63) is 48.3 Å². The molecule has 1 N–H and O–H groups in total. The van der Waals surface area contributed by atoms with E-state index < -0.39 is 0 Å². The highest BCUT2D eigenvalue weighted by Crippen LogP contribution is 2.21. The Kier molecular flexibility index (Phi) is 3.60. The first-order chi connectivity index (χ1) is 8.31. The third kappa shape index (κ3) is 2.97. The number of methoxy groups -OCH3 is 1. The highest BCUT2D eigenvalue weighted by molar-refractivity contribution is 5.60. The lowest BCUT2D eigenvalue weighted by atomic mass is 10.2. The van der Waals surface area contributed by atoms with E-state index in [-0.39, 0.29) is 0 Å². The Balaban J connectivity index is 2.18. The molecule has 1 aromatic carbocycles. The third-order valence-electron chi connectivity index (χ3n) is 2.56. The largest absolute Gasteiger partial charge is 0.497 e. The molecular formula is C14H16N2O. The molecule has 0 aliphatic rings. The van der Waals surface area contributed by atoms with Gasteiger partial charge < -0.3 is 10.1 Å². The summed E-state index contributed by atoms with van der Waals surface area (Å²) in [5.41, 5.74) is 3.22. The van der Waals surface area contributed by atoms with Gasteiger partial charge in [0.15, 0.2) is 0 Å². The molecule has 88 valence electrons. The van der Waals surface area contributed by atoms with E-state index in [2.05, 4.69) is 23.3 Å². The average molecular weight is 228 g/mol. The number of anilines is 2. The van der Waals surface area contributed by atoms with Crippen molar-refractivity contribution in [2.24, 2.45) is 0 Å². The zero-order valence-corrected chi connectivity index (χ0v) is 10.1. The van der Waals surface area contributed by atoms with Crippen LogP contribution in [0, 0.1) is 0 Å². The van der Waals surface area contributed by atoms with Gasteiger partial charge in [-0.2, -0.15) is 0 Å². The minimum Gasteiger partial charge on any atom is -0.497 e. The van der Waals surface area contributed by atoms with E-state index in [9.17, 15) is 0 Å². The standard InChI is InChI=1S/C14H16N2O/c1-3-11-7-13(10-15-9-11)16-12-5-4-6-14(8-12)17-2/h4-10,16H,3H2,1-2H3. The monoisotopic (exact) mass is 228 g/mol. The topological polar surface area (TPSA) is 34.2 Å².